The van der Waals surface area contributed by atoms with E-state index in [4.69, 9.17) is 28.9 Å². The van der Waals surface area contributed by atoms with E-state index in [0.717, 1.165) is 17.7 Å². The van der Waals surface area contributed by atoms with Gasteiger partial charge < -0.3 is 15.5 Å². The molecule has 32 heavy (non-hydrogen) atoms. The molecule has 1 heterocycles. The molecule has 3 rings (SSSR count). The minimum Gasteiger partial charge on any atom is -0.506 e. The first kappa shape index (κ1) is 23.1. The summed E-state index contributed by atoms with van der Waals surface area (Å²) in [4.78, 5) is 22.1. The van der Waals surface area contributed by atoms with E-state index in [1.54, 1.807) is 30.5 Å². The number of hydrogen-bond donors (Lipinski definition) is 4. The fraction of sp³-hybridized carbons (Fsp3) is 0.0500. The van der Waals surface area contributed by atoms with Gasteiger partial charge in [0.15, 0.2) is 5.11 Å². The molecule has 0 saturated heterocycles. The minimum atomic E-state index is -1.43. The van der Waals surface area contributed by atoms with Crippen LogP contribution in [0.25, 0.3) is 10.4 Å². The second-order valence-corrected chi connectivity index (χ2v) is 8.12. The standard InChI is InChI=1S/C20H15ClN4O5S2/c1-10(15-9-32-18(17(15)26)11-3-2-4-12(21)7-11)23-24-20(31)22-13-5-6-16(25(29)30)14(8-13)19(27)28/h2-9,26H,1H3,(H,27,28)(H2,22,24,31)/b23-10+. The van der Waals surface area contributed by atoms with Gasteiger partial charge in [0.2, 0.25) is 0 Å². The monoisotopic (exact) mass is 490 g/mol. The second-order valence-electron chi connectivity index (χ2n) is 6.39. The van der Waals surface area contributed by atoms with Crippen LogP contribution in [-0.2, 0) is 0 Å². The van der Waals surface area contributed by atoms with Gasteiger partial charge >= 0.3 is 5.97 Å². The zero-order chi connectivity index (χ0) is 23.4. The third-order valence-corrected chi connectivity index (χ3v) is 5.69. The number of halogens is 1. The highest BCUT2D eigenvalue weighted by molar-refractivity contribution is 7.80. The molecule has 0 aliphatic heterocycles. The Balaban J connectivity index is 1.73. The van der Waals surface area contributed by atoms with Crippen LogP contribution in [0.2, 0.25) is 5.02 Å². The first-order chi connectivity index (χ1) is 15.2. The maximum absolute atomic E-state index is 11.3. The van der Waals surface area contributed by atoms with Gasteiger partial charge in [-0.1, -0.05) is 23.7 Å². The maximum atomic E-state index is 11.3. The first-order valence-electron chi connectivity index (χ1n) is 8.87. The van der Waals surface area contributed by atoms with Crippen LogP contribution in [0.15, 0.2) is 52.9 Å². The number of nitrogens with one attached hydrogen (secondary N) is 2. The summed E-state index contributed by atoms with van der Waals surface area (Å²) >= 11 is 12.5. The Labute approximate surface area is 196 Å². The maximum Gasteiger partial charge on any atom is 0.342 e. The molecule has 1 aromatic heterocycles. The zero-order valence-corrected chi connectivity index (χ0v) is 18.7. The van der Waals surface area contributed by atoms with Crippen molar-refractivity contribution in [1.29, 1.82) is 0 Å². The molecule has 0 radical (unpaired) electrons. The molecule has 0 bridgehead atoms. The molecule has 164 valence electrons. The van der Waals surface area contributed by atoms with Crippen molar-refractivity contribution in [2.24, 2.45) is 5.10 Å². The third-order valence-electron chi connectivity index (χ3n) is 4.25. The molecule has 0 amide bonds. The molecule has 0 spiro atoms. The van der Waals surface area contributed by atoms with Crippen molar-refractivity contribution in [2.45, 2.75) is 6.92 Å². The number of nitro benzene ring substituents is 1. The number of nitro groups is 1. The van der Waals surface area contributed by atoms with Crippen molar-refractivity contribution in [2.75, 3.05) is 5.32 Å². The largest absolute Gasteiger partial charge is 0.506 e. The van der Waals surface area contributed by atoms with E-state index in [9.17, 15) is 20.0 Å². The smallest absolute Gasteiger partial charge is 0.342 e. The Morgan fingerprint density at radius 3 is 2.66 bits per heavy atom. The van der Waals surface area contributed by atoms with Crippen molar-refractivity contribution >= 4 is 63.3 Å². The lowest BCUT2D eigenvalue weighted by molar-refractivity contribution is -0.385. The highest BCUT2D eigenvalue weighted by Crippen LogP contribution is 2.39. The zero-order valence-electron chi connectivity index (χ0n) is 16.3. The van der Waals surface area contributed by atoms with E-state index in [-0.39, 0.29) is 16.5 Å². The Morgan fingerprint density at radius 2 is 2.00 bits per heavy atom. The van der Waals surface area contributed by atoms with Crippen molar-refractivity contribution in [1.82, 2.24) is 5.43 Å². The number of carboxylic acid groups (broad SMARTS) is 1. The van der Waals surface area contributed by atoms with Crippen molar-refractivity contribution in [3.05, 3.63) is 74.1 Å². The summed E-state index contributed by atoms with van der Waals surface area (Å²) in [5.41, 5.74) is 3.56. The molecular formula is C20H15ClN4O5S2. The average molecular weight is 491 g/mol. The highest BCUT2D eigenvalue weighted by Gasteiger charge is 2.20. The van der Waals surface area contributed by atoms with Gasteiger partial charge in [0, 0.05) is 22.2 Å². The van der Waals surface area contributed by atoms with E-state index >= 15 is 0 Å². The normalized spacial score (nSPS) is 11.1. The van der Waals surface area contributed by atoms with Crippen LogP contribution < -0.4 is 10.7 Å². The van der Waals surface area contributed by atoms with E-state index in [1.807, 2.05) is 6.07 Å². The Morgan fingerprint density at radius 1 is 1.25 bits per heavy atom. The summed E-state index contributed by atoms with van der Waals surface area (Å²) in [5.74, 6) is -1.38. The lowest BCUT2D eigenvalue weighted by Crippen LogP contribution is -2.25. The predicted octanol–water partition coefficient (Wildman–Crippen LogP) is 5.09. The van der Waals surface area contributed by atoms with Crippen LogP contribution in [-0.4, -0.2) is 31.9 Å². The number of thiophene rings is 1. The van der Waals surface area contributed by atoms with Gasteiger partial charge in [-0.15, -0.1) is 11.3 Å². The highest BCUT2D eigenvalue weighted by atomic mass is 35.5. The lowest BCUT2D eigenvalue weighted by Gasteiger charge is -2.09. The molecule has 2 aromatic carbocycles. The van der Waals surface area contributed by atoms with Crippen LogP contribution in [0.4, 0.5) is 11.4 Å². The Kier molecular flexibility index (Phi) is 7.03. The molecule has 0 fully saturated rings. The molecule has 0 aliphatic rings. The van der Waals surface area contributed by atoms with Crippen LogP contribution >= 0.6 is 35.2 Å². The molecular weight excluding hydrogens is 476 g/mol. The number of rotatable bonds is 6. The summed E-state index contributed by atoms with van der Waals surface area (Å²) in [6.45, 7) is 1.67. The number of anilines is 1. The van der Waals surface area contributed by atoms with Gasteiger partial charge in [-0.3, -0.25) is 15.5 Å². The quantitative estimate of drug-likeness (QED) is 0.162. The number of hydrogen-bond acceptors (Lipinski definition) is 7. The lowest BCUT2D eigenvalue weighted by atomic mass is 10.1. The fourth-order valence-corrected chi connectivity index (χ4v) is 4.10. The van der Waals surface area contributed by atoms with Gasteiger partial charge in [0.25, 0.3) is 5.69 Å². The van der Waals surface area contributed by atoms with Crippen molar-refractivity contribution in [3.63, 3.8) is 0 Å². The number of carboxylic acids is 1. The topological polar surface area (TPSA) is 137 Å². The number of carbonyl (C=O) groups is 1. The summed E-state index contributed by atoms with van der Waals surface area (Å²) in [6.07, 6.45) is 0. The van der Waals surface area contributed by atoms with Gasteiger partial charge in [-0.25, -0.2) is 4.79 Å². The molecule has 3 aromatic rings. The number of thiocarbonyl (C=S) groups is 1. The Bertz CT molecular complexity index is 1260. The SMILES string of the molecule is C/C(=N\NC(=S)Nc1ccc([N+](=O)[O-])c(C(=O)O)c1)c1csc(-c2cccc(Cl)c2)c1O. The van der Waals surface area contributed by atoms with E-state index in [0.29, 0.717) is 21.2 Å². The Hall–Kier alpha value is -3.54. The van der Waals surface area contributed by atoms with Gasteiger partial charge in [0.05, 0.1) is 21.1 Å². The average Bonchev–Trinajstić information content (AvgIpc) is 3.13. The number of aromatic hydroxyl groups is 1. The molecule has 4 N–H and O–H groups in total. The van der Waals surface area contributed by atoms with E-state index in [1.165, 1.54) is 17.4 Å². The van der Waals surface area contributed by atoms with Crippen LogP contribution in [0.5, 0.6) is 5.75 Å². The minimum absolute atomic E-state index is 0.0272. The number of nitrogens with zero attached hydrogens (tertiary/aromatic N) is 2. The van der Waals surface area contributed by atoms with Gasteiger partial charge in [0.1, 0.15) is 11.3 Å². The van der Waals surface area contributed by atoms with E-state index < -0.39 is 22.1 Å². The predicted molar refractivity (Wildman–Crippen MR) is 128 cm³/mol. The summed E-state index contributed by atoms with van der Waals surface area (Å²) < 4.78 is 0. The fourth-order valence-electron chi connectivity index (χ4n) is 2.74. The van der Waals surface area contributed by atoms with Crippen LogP contribution in [0.1, 0.15) is 22.8 Å². The summed E-state index contributed by atoms with van der Waals surface area (Å²) in [5, 5.41) is 39.9. The van der Waals surface area contributed by atoms with E-state index in [2.05, 4.69) is 15.8 Å². The number of benzene rings is 2. The van der Waals surface area contributed by atoms with Crippen molar-refractivity contribution in [3.8, 4) is 16.2 Å². The number of aromatic carboxylic acids is 1. The first-order valence-corrected chi connectivity index (χ1v) is 10.5. The number of hydrazone groups is 1. The molecule has 0 unspecified atom stereocenters. The second kappa shape index (κ2) is 9.73. The van der Waals surface area contributed by atoms with Gasteiger partial charge in [-0.05, 0) is 49.0 Å². The molecule has 0 aliphatic carbocycles. The summed E-state index contributed by atoms with van der Waals surface area (Å²) in [7, 11) is 0. The molecule has 0 atom stereocenters. The molecule has 12 heteroatoms. The van der Waals surface area contributed by atoms with Crippen LogP contribution in [0, 0.1) is 10.1 Å². The molecule has 9 nitrogen and oxygen atoms in total. The third kappa shape index (κ3) is 5.19. The summed E-state index contributed by atoms with van der Waals surface area (Å²) in [6, 6.07) is 10.6. The van der Waals surface area contributed by atoms with Crippen LogP contribution in [0.3, 0.4) is 0 Å². The van der Waals surface area contributed by atoms with Gasteiger partial charge in [-0.2, -0.15) is 5.10 Å². The molecule has 0 saturated carbocycles. The van der Waals surface area contributed by atoms with Crippen molar-refractivity contribution < 1.29 is 19.9 Å².